The van der Waals surface area contributed by atoms with Gasteiger partial charge in [-0.2, -0.15) is 5.10 Å². The van der Waals surface area contributed by atoms with E-state index in [0.29, 0.717) is 0 Å². The van der Waals surface area contributed by atoms with Crippen molar-refractivity contribution >= 4 is 11.7 Å². The molecule has 2 saturated heterocycles. The van der Waals surface area contributed by atoms with Crippen molar-refractivity contribution in [1.29, 1.82) is 0 Å². The zero-order chi connectivity index (χ0) is 17.4. The minimum absolute atomic E-state index is 0.00286. The number of hydrogen-bond donors (Lipinski definition) is 0. The Kier molecular flexibility index (Phi) is 3.94. The second-order valence-electron chi connectivity index (χ2n) is 7.31. The Morgan fingerprint density at radius 3 is 2.40 bits per heavy atom. The van der Waals surface area contributed by atoms with Crippen LogP contribution in [0.5, 0.6) is 0 Å². The van der Waals surface area contributed by atoms with E-state index in [2.05, 4.69) is 27.2 Å². The summed E-state index contributed by atoms with van der Waals surface area (Å²) < 4.78 is 0. The van der Waals surface area contributed by atoms with Crippen molar-refractivity contribution in [2.24, 2.45) is 0 Å². The number of aryl methyl sites for hydroxylation is 1. The Morgan fingerprint density at radius 1 is 1.04 bits per heavy atom. The van der Waals surface area contributed by atoms with Crippen molar-refractivity contribution in [2.45, 2.75) is 37.6 Å². The van der Waals surface area contributed by atoms with Crippen molar-refractivity contribution < 1.29 is 4.79 Å². The average molecular weight is 336 g/mol. The van der Waals surface area contributed by atoms with E-state index < -0.39 is 0 Å². The molecule has 1 spiro atoms. The van der Waals surface area contributed by atoms with Crippen LogP contribution in [0.1, 0.15) is 36.4 Å². The minimum Gasteiger partial charge on any atom is -0.355 e. The van der Waals surface area contributed by atoms with Gasteiger partial charge in [0.2, 0.25) is 5.91 Å². The van der Waals surface area contributed by atoms with Gasteiger partial charge in [0.25, 0.3) is 0 Å². The van der Waals surface area contributed by atoms with Crippen LogP contribution < -0.4 is 4.90 Å². The van der Waals surface area contributed by atoms with Crippen LogP contribution in [-0.2, 0) is 4.79 Å². The molecule has 0 aliphatic carbocycles. The van der Waals surface area contributed by atoms with Crippen LogP contribution in [0, 0.1) is 6.92 Å². The van der Waals surface area contributed by atoms with Gasteiger partial charge >= 0.3 is 0 Å². The molecule has 2 fully saturated rings. The lowest BCUT2D eigenvalue weighted by molar-refractivity contribution is -0.131. The highest BCUT2D eigenvalue weighted by atomic mass is 16.2. The van der Waals surface area contributed by atoms with E-state index in [1.807, 2.05) is 49.2 Å². The van der Waals surface area contributed by atoms with E-state index in [-0.39, 0.29) is 17.4 Å². The monoisotopic (exact) mass is 336 g/mol. The topological polar surface area (TPSA) is 49.3 Å². The fraction of sp³-hybridized carbons (Fsp3) is 0.450. The molecular formula is C20H24N4O. The number of nitrogens with zero attached hydrogens (tertiary/aromatic N) is 4. The van der Waals surface area contributed by atoms with Crippen LogP contribution in [0.15, 0.2) is 42.5 Å². The molecule has 0 unspecified atom stereocenters. The van der Waals surface area contributed by atoms with Gasteiger partial charge < -0.3 is 9.80 Å². The van der Waals surface area contributed by atoms with Crippen molar-refractivity contribution in [3.05, 3.63) is 53.7 Å². The molecule has 25 heavy (non-hydrogen) atoms. The van der Waals surface area contributed by atoms with E-state index in [0.717, 1.165) is 49.4 Å². The van der Waals surface area contributed by atoms with Crippen LogP contribution in [0.2, 0.25) is 0 Å². The van der Waals surface area contributed by atoms with Crippen molar-refractivity contribution in [3.8, 4) is 0 Å². The molecule has 1 amide bonds. The maximum Gasteiger partial charge on any atom is 0.230 e. The molecule has 2 aliphatic heterocycles. The third-order valence-electron chi connectivity index (χ3n) is 5.93. The third-order valence-corrected chi connectivity index (χ3v) is 5.93. The number of likely N-dealkylation sites (N-methyl/N-ethyl adjacent to an activating group) is 1. The number of hydrogen-bond acceptors (Lipinski definition) is 4. The van der Waals surface area contributed by atoms with E-state index >= 15 is 0 Å². The summed E-state index contributed by atoms with van der Waals surface area (Å²) in [6.45, 7) is 3.78. The lowest BCUT2D eigenvalue weighted by Gasteiger charge is -2.43. The number of carbonyl (C=O) groups is 1. The second-order valence-corrected chi connectivity index (χ2v) is 7.31. The average Bonchev–Trinajstić information content (AvgIpc) is 2.89. The lowest BCUT2D eigenvalue weighted by atomic mass is 9.81. The van der Waals surface area contributed by atoms with E-state index in [4.69, 9.17) is 0 Å². The first-order chi connectivity index (χ1) is 12.1. The maximum atomic E-state index is 12.9. The Morgan fingerprint density at radius 2 is 1.76 bits per heavy atom. The van der Waals surface area contributed by atoms with Crippen molar-refractivity contribution in [2.75, 3.05) is 25.0 Å². The largest absolute Gasteiger partial charge is 0.355 e. The van der Waals surface area contributed by atoms with Gasteiger partial charge in [-0.3, -0.25) is 4.79 Å². The number of anilines is 1. The number of aromatic nitrogens is 2. The number of likely N-dealkylation sites (tertiary alicyclic amines) is 1. The zero-order valence-corrected chi connectivity index (χ0v) is 14.9. The predicted octanol–water partition coefficient (Wildman–Crippen LogP) is 2.77. The summed E-state index contributed by atoms with van der Waals surface area (Å²) in [5, 5.41) is 8.47. The molecule has 130 valence electrons. The molecule has 2 aliphatic rings. The van der Waals surface area contributed by atoms with Crippen molar-refractivity contribution in [1.82, 2.24) is 15.1 Å². The normalized spacial score (nSPS) is 22.6. The van der Waals surface area contributed by atoms with Gasteiger partial charge in [-0.1, -0.05) is 30.3 Å². The molecule has 0 N–H and O–H groups in total. The molecule has 2 aromatic rings. The predicted molar refractivity (Wildman–Crippen MR) is 97.5 cm³/mol. The second kappa shape index (κ2) is 6.14. The summed E-state index contributed by atoms with van der Waals surface area (Å²) in [6, 6.07) is 14.2. The molecule has 1 aromatic heterocycles. The number of piperidine rings is 1. The number of carbonyl (C=O) groups excluding carboxylic acids is 1. The standard InChI is InChI=1S/C20H24N4O/c1-15-8-9-18(22-21-15)24-12-10-20(11-13-24)14-17(19(25)23(20)2)16-6-4-3-5-7-16/h3-9,17H,10-14H2,1-2H3/t17-/m0/s1. The van der Waals surface area contributed by atoms with Gasteiger partial charge in [-0.15, -0.1) is 5.10 Å². The van der Waals surface area contributed by atoms with E-state index in [9.17, 15) is 4.79 Å². The molecule has 0 saturated carbocycles. The molecular weight excluding hydrogens is 312 g/mol. The Labute approximate surface area is 148 Å². The van der Waals surface area contributed by atoms with E-state index in [1.165, 1.54) is 0 Å². The molecule has 1 aromatic carbocycles. The smallest absolute Gasteiger partial charge is 0.230 e. The highest BCUT2D eigenvalue weighted by Gasteiger charge is 2.50. The summed E-state index contributed by atoms with van der Waals surface area (Å²) in [5.74, 6) is 1.19. The van der Waals surface area contributed by atoms with Gasteiger partial charge in [-0.05, 0) is 43.9 Å². The Hall–Kier alpha value is -2.43. The van der Waals surface area contributed by atoms with Gasteiger partial charge in [0, 0.05) is 25.7 Å². The zero-order valence-electron chi connectivity index (χ0n) is 14.9. The van der Waals surface area contributed by atoms with Crippen LogP contribution in [0.25, 0.3) is 0 Å². The summed E-state index contributed by atoms with van der Waals surface area (Å²) in [4.78, 5) is 17.2. The minimum atomic E-state index is -0.0216. The molecule has 5 nitrogen and oxygen atoms in total. The summed E-state index contributed by atoms with van der Waals surface area (Å²) in [7, 11) is 1.98. The summed E-state index contributed by atoms with van der Waals surface area (Å²) >= 11 is 0. The number of benzene rings is 1. The van der Waals surface area contributed by atoms with Crippen LogP contribution in [0.4, 0.5) is 5.82 Å². The van der Waals surface area contributed by atoms with Gasteiger partial charge in [0.05, 0.1) is 11.6 Å². The van der Waals surface area contributed by atoms with Crippen molar-refractivity contribution in [3.63, 3.8) is 0 Å². The summed E-state index contributed by atoms with van der Waals surface area (Å²) in [5.41, 5.74) is 2.05. The highest BCUT2D eigenvalue weighted by molar-refractivity contribution is 5.87. The SMILES string of the molecule is Cc1ccc(N2CCC3(CC2)C[C@@H](c2ccccc2)C(=O)N3C)nn1. The third kappa shape index (κ3) is 2.77. The molecule has 1 atom stereocenters. The maximum absolute atomic E-state index is 12.9. The van der Waals surface area contributed by atoms with Crippen LogP contribution in [-0.4, -0.2) is 46.7 Å². The van der Waals surface area contributed by atoms with Crippen LogP contribution in [0.3, 0.4) is 0 Å². The fourth-order valence-corrected chi connectivity index (χ4v) is 4.27. The first-order valence-electron chi connectivity index (χ1n) is 8.97. The molecule has 4 rings (SSSR count). The lowest BCUT2D eigenvalue weighted by Crippen LogP contribution is -2.51. The Balaban J connectivity index is 1.50. The van der Waals surface area contributed by atoms with Gasteiger partial charge in [-0.25, -0.2) is 0 Å². The molecule has 3 heterocycles. The number of rotatable bonds is 2. The van der Waals surface area contributed by atoms with Gasteiger partial charge in [0.15, 0.2) is 5.82 Å². The highest BCUT2D eigenvalue weighted by Crippen LogP contribution is 2.45. The van der Waals surface area contributed by atoms with Crippen LogP contribution >= 0.6 is 0 Å². The molecule has 0 bridgehead atoms. The fourth-order valence-electron chi connectivity index (χ4n) is 4.27. The van der Waals surface area contributed by atoms with Gasteiger partial charge in [0.1, 0.15) is 0 Å². The first kappa shape index (κ1) is 16.1. The quantitative estimate of drug-likeness (QED) is 0.846. The van der Waals surface area contributed by atoms with E-state index in [1.54, 1.807) is 0 Å². The summed E-state index contributed by atoms with van der Waals surface area (Å²) in [6.07, 6.45) is 2.88. The molecule has 0 radical (unpaired) electrons. The number of amides is 1. The first-order valence-corrected chi connectivity index (χ1v) is 8.97. The molecule has 5 heteroatoms. The Bertz CT molecular complexity index is 751.